The number of para-hydroxylation sites is 2. The molecule has 4 aromatic carbocycles. The van der Waals surface area contributed by atoms with Crippen LogP contribution in [-0.4, -0.2) is 9.55 Å². The Hall–Kier alpha value is -4.44. The second-order valence-electron chi connectivity index (χ2n) is 8.00. The van der Waals surface area contributed by atoms with Crippen molar-refractivity contribution < 1.29 is 4.42 Å². The van der Waals surface area contributed by atoms with Crippen molar-refractivity contribution in [3.8, 4) is 17.1 Å². The van der Waals surface area contributed by atoms with Crippen LogP contribution >= 0.6 is 0 Å². The maximum absolute atomic E-state index is 12.6. The summed E-state index contributed by atoms with van der Waals surface area (Å²) in [5.41, 5.74) is 5.30. The van der Waals surface area contributed by atoms with Crippen molar-refractivity contribution in [1.82, 2.24) is 9.55 Å². The average Bonchev–Trinajstić information content (AvgIpc) is 3.17. The molecule has 150 valence electrons. The normalized spacial score (nSPS) is 11.9. The first-order chi connectivity index (χ1) is 15.8. The Bertz CT molecular complexity index is 1810. The fourth-order valence-electron chi connectivity index (χ4n) is 4.75. The van der Waals surface area contributed by atoms with E-state index in [4.69, 9.17) is 9.40 Å². The summed E-state index contributed by atoms with van der Waals surface area (Å²) in [6.07, 6.45) is 0. The molecule has 32 heavy (non-hydrogen) atoms. The minimum Gasteiger partial charge on any atom is -0.453 e. The van der Waals surface area contributed by atoms with Gasteiger partial charge in [0.1, 0.15) is 11.2 Å². The van der Waals surface area contributed by atoms with Gasteiger partial charge in [0.25, 0.3) is 0 Å². The largest absolute Gasteiger partial charge is 0.453 e. The zero-order chi connectivity index (χ0) is 21.2. The number of fused-ring (bicyclic) bond motifs is 7. The highest BCUT2D eigenvalue weighted by atomic mass is 16.3. The molecule has 4 nitrogen and oxygen atoms in total. The van der Waals surface area contributed by atoms with Crippen LogP contribution in [0.1, 0.15) is 0 Å². The minimum absolute atomic E-state index is 0.0587. The maximum Gasteiger partial charge on any atom is 0.190 e. The lowest BCUT2D eigenvalue weighted by atomic mass is 10.0. The molecule has 1 aliphatic heterocycles. The summed E-state index contributed by atoms with van der Waals surface area (Å²) in [5.74, 6) is 0.501. The summed E-state index contributed by atoms with van der Waals surface area (Å²) >= 11 is 0. The lowest BCUT2D eigenvalue weighted by Gasteiger charge is -2.12. The van der Waals surface area contributed by atoms with Gasteiger partial charge in [0, 0.05) is 33.7 Å². The van der Waals surface area contributed by atoms with Gasteiger partial charge in [-0.15, -0.1) is 0 Å². The van der Waals surface area contributed by atoms with Crippen LogP contribution in [0.4, 0.5) is 0 Å². The second-order valence-corrected chi connectivity index (χ2v) is 8.00. The van der Waals surface area contributed by atoms with Gasteiger partial charge in [-0.3, -0.25) is 4.79 Å². The molecule has 0 saturated heterocycles. The monoisotopic (exact) mass is 412 g/mol. The van der Waals surface area contributed by atoms with Gasteiger partial charge in [-0.1, -0.05) is 60.7 Å². The lowest BCUT2D eigenvalue weighted by molar-refractivity contribution is 0.613. The Morgan fingerprint density at radius 3 is 2.00 bits per heavy atom. The van der Waals surface area contributed by atoms with Crippen molar-refractivity contribution in [3.05, 3.63) is 107 Å². The number of hydrogen-bond acceptors (Lipinski definition) is 3. The summed E-state index contributed by atoms with van der Waals surface area (Å²) in [4.78, 5) is 17.4. The summed E-state index contributed by atoms with van der Waals surface area (Å²) in [5, 5.41) is 3.88. The molecule has 2 aliphatic rings. The third-order valence-corrected chi connectivity index (χ3v) is 6.18. The number of rotatable bonds is 1. The van der Waals surface area contributed by atoms with E-state index in [0.29, 0.717) is 22.4 Å². The van der Waals surface area contributed by atoms with Gasteiger partial charge < -0.3 is 8.98 Å². The predicted molar refractivity (Wildman–Crippen MR) is 129 cm³/mol. The molecule has 0 amide bonds. The van der Waals surface area contributed by atoms with Crippen LogP contribution in [-0.2, 0) is 0 Å². The van der Waals surface area contributed by atoms with E-state index in [1.54, 1.807) is 0 Å². The lowest BCUT2D eigenvalue weighted by Crippen LogP contribution is -2.04. The van der Waals surface area contributed by atoms with Crippen molar-refractivity contribution in [2.45, 2.75) is 0 Å². The van der Waals surface area contributed by atoms with E-state index in [9.17, 15) is 4.79 Å². The molecule has 5 aromatic rings. The number of hydrogen-bond donors (Lipinski definition) is 0. The van der Waals surface area contributed by atoms with E-state index in [2.05, 4.69) is 59.2 Å². The van der Waals surface area contributed by atoms with Crippen LogP contribution in [0.15, 0.2) is 106 Å². The molecule has 1 aromatic heterocycles. The highest BCUT2D eigenvalue weighted by Crippen LogP contribution is 2.34. The van der Waals surface area contributed by atoms with E-state index in [1.807, 2.05) is 36.4 Å². The number of aromatic nitrogens is 2. The number of nitrogens with zero attached hydrogens (tertiary/aromatic N) is 2. The van der Waals surface area contributed by atoms with Crippen molar-refractivity contribution >= 4 is 43.7 Å². The molecule has 0 radical (unpaired) electrons. The van der Waals surface area contributed by atoms with Gasteiger partial charge in [0.05, 0.1) is 16.7 Å². The van der Waals surface area contributed by atoms with Gasteiger partial charge in [-0.05, 0) is 24.3 Å². The summed E-state index contributed by atoms with van der Waals surface area (Å²) in [7, 11) is 0. The first-order valence-electron chi connectivity index (χ1n) is 10.5. The molecule has 7 rings (SSSR count). The Kier molecular flexibility index (Phi) is 3.39. The third kappa shape index (κ3) is 2.32. The summed E-state index contributed by atoms with van der Waals surface area (Å²) < 4.78 is 8.46. The van der Waals surface area contributed by atoms with Gasteiger partial charge >= 0.3 is 0 Å². The van der Waals surface area contributed by atoms with Crippen molar-refractivity contribution in [3.63, 3.8) is 0 Å². The van der Waals surface area contributed by atoms with Crippen molar-refractivity contribution in [2.75, 3.05) is 0 Å². The Morgan fingerprint density at radius 2 is 1.28 bits per heavy atom. The van der Waals surface area contributed by atoms with Gasteiger partial charge in [0.2, 0.25) is 0 Å². The molecular weight excluding hydrogens is 396 g/mol. The minimum atomic E-state index is -0.0587. The first kappa shape index (κ1) is 17.3. The zero-order valence-corrected chi connectivity index (χ0v) is 16.9. The molecule has 0 bridgehead atoms. The van der Waals surface area contributed by atoms with Crippen molar-refractivity contribution in [2.24, 2.45) is 0 Å². The second kappa shape index (κ2) is 6.28. The summed E-state index contributed by atoms with van der Waals surface area (Å²) in [6, 6.07) is 31.9. The van der Waals surface area contributed by atoms with Crippen LogP contribution in [0.2, 0.25) is 0 Å². The third-order valence-electron chi connectivity index (χ3n) is 6.18. The highest BCUT2D eigenvalue weighted by molar-refractivity contribution is 6.09. The van der Waals surface area contributed by atoms with Gasteiger partial charge in [0.15, 0.2) is 16.8 Å². The number of benzene rings is 5. The molecule has 0 saturated carbocycles. The van der Waals surface area contributed by atoms with Crippen LogP contribution in [0, 0.1) is 0 Å². The molecule has 2 heterocycles. The average molecular weight is 412 g/mol. The highest BCUT2D eigenvalue weighted by Gasteiger charge is 2.17. The quantitative estimate of drug-likeness (QED) is 0.227. The van der Waals surface area contributed by atoms with E-state index < -0.39 is 0 Å². The van der Waals surface area contributed by atoms with E-state index in [0.717, 1.165) is 27.6 Å². The van der Waals surface area contributed by atoms with Crippen LogP contribution < -0.4 is 5.43 Å². The SMILES string of the molecule is O=c1cc2oc3cc(-n4c5ccccc5c5ccccc54)ccc3nc-2c2ccccc12. The smallest absolute Gasteiger partial charge is 0.190 e. The summed E-state index contributed by atoms with van der Waals surface area (Å²) in [6.45, 7) is 0. The predicted octanol–water partition coefficient (Wildman–Crippen LogP) is 6.54. The van der Waals surface area contributed by atoms with Gasteiger partial charge in [-0.25, -0.2) is 4.98 Å². The van der Waals surface area contributed by atoms with Crippen molar-refractivity contribution in [1.29, 1.82) is 0 Å². The molecule has 0 unspecified atom stereocenters. The topological polar surface area (TPSA) is 48.0 Å². The van der Waals surface area contributed by atoms with Gasteiger partial charge in [-0.2, -0.15) is 0 Å². The Balaban J connectivity index is 1.55. The standard InChI is InChI=1S/C28H16N2O2/c31-25-16-27-28(21-10-2-1-9-20(21)25)29-22-14-13-17(15-26(22)32-27)30-23-11-5-3-7-18(23)19-8-4-6-12-24(19)30/h1-16H. The zero-order valence-electron chi connectivity index (χ0n) is 16.9. The molecular formula is C28H16N2O2. The molecule has 4 heteroatoms. The molecule has 0 atom stereocenters. The van der Waals surface area contributed by atoms with Crippen LogP contribution in [0.25, 0.3) is 60.8 Å². The van der Waals surface area contributed by atoms with E-state index >= 15 is 0 Å². The molecule has 0 N–H and O–H groups in total. The fourth-order valence-corrected chi connectivity index (χ4v) is 4.75. The molecule has 0 fully saturated rings. The molecule has 0 spiro atoms. The maximum atomic E-state index is 12.6. The van der Waals surface area contributed by atoms with E-state index in [-0.39, 0.29) is 5.43 Å². The Morgan fingerprint density at radius 1 is 0.656 bits per heavy atom. The van der Waals surface area contributed by atoms with Crippen LogP contribution in [0.5, 0.6) is 0 Å². The first-order valence-corrected chi connectivity index (χ1v) is 10.5. The fraction of sp³-hybridized carbons (Fsp3) is 0. The molecule has 1 aliphatic carbocycles. The van der Waals surface area contributed by atoms with E-state index in [1.165, 1.54) is 16.8 Å². The Labute approximate surface area is 182 Å². The van der Waals surface area contributed by atoms with Crippen LogP contribution in [0.3, 0.4) is 0 Å².